The van der Waals surface area contributed by atoms with E-state index in [-0.39, 0.29) is 12.0 Å². The number of benzene rings is 1. The molecule has 2 atom stereocenters. The second-order valence-corrected chi connectivity index (χ2v) is 4.83. The normalized spacial score (nSPS) is 14.2. The average molecular weight is 281 g/mol. The molecule has 0 spiro atoms. The van der Waals surface area contributed by atoms with Crippen molar-refractivity contribution in [2.45, 2.75) is 26.3 Å². The molecule has 0 amide bonds. The van der Waals surface area contributed by atoms with Gasteiger partial charge >= 0.3 is 0 Å². The molecule has 0 radical (unpaired) electrons. The monoisotopic (exact) mass is 280 g/mol. The van der Waals surface area contributed by atoms with Crippen LogP contribution in [-0.4, -0.2) is 7.05 Å². The Hall–Kier alpha value is -0.850. The Labute approximate surface area is 106 Å². The van der Waals surface area contributed by atoms with Gasteiger partial charge in [0.25, 0.3) is 0 Å². The fraction of sp³-hybridized carbons (Fsp3) is 0.462. The Balaban J connectivity index is 3.13. The maximum Gasteiger partial charge on any atom is 0.0675 e. The smallest absolute Gasteiger partial charge is 0.0675 e. The van der Waals surface area contributed by atoms with E-state index < -0.39 is 0 Å². The molecule has 0 aliphatic carbocycles. The highest BCUT2D eigenvalue weighted by Gasteiger charge is 2.21. The van der Waals surface area contributed by atoms with E-state index in [0.717, 1.165) is 10.9 Å². The summed E-state index contributed by atoms with van der Waals surface area (Å²) >= 11 is 3.48. The van der Waals surface area contributed by atoms with E-state index in [9.17, 15) is 0 Å². The highest BCUT2D eigenvalue weighted by Crippen LogP contribution is 2.28. The molecule has 86 valence electrons. The minimum atomic E-state index is 0.0120. The fourth-order valence-electron chi connectivity index (χ4n) is 1.92. The molecule has 1 rings (SSSR count). The van der Waals surface area contributed by atoms with Crippen molar-refractivity contribution in [3.63, 3.8) is 0 Å². The van der Waals surface area contributed by atoms with Gasteiger partial charge in [-0.05, 0) is 43.7 Å². The van der Waals surface area contributed by atoms with E-state index in [1.54, 1.807) is 0 Å². The molecule has 0 bridgehead atoms. The number of rotatable bonds is 4. The first-order chi connectivity index (χ1) is 7.63. The Morgan fingerprint density at radius 1 is 1.50 bits per heavy atom. The Bertz CT molecular complexity index is 395. The summed E-state index contributed by atoms with van der Waals surface area (Å²) < 4.78 is 1.06. The third kappa shape index (κ3) is 2.84. The summed E-state index contributed by atoms with van der Waals surface area (Å²) in [5.41, 5.74) is 2.42. The van der Waals surface area contributed by atoms with Crippen LogP contribution in [0.2, 0.25) is 0 Å². The van der Waals surface area contributed by atoms with Crippen molar-refractivity contribution in [3.05, 3.63) is 33.8 Å². The molecule has 3 heteroatoms. The van der Waals surface area contributed by atoms with Gasteiger partial charge in [-0.2, -0.15) is 5.26 Å². The fourth-order valence-corrected chi connectivity index (χ4v) is 2.30. The lowest BCUT2D eigenvalue weighted by Gasteiger charge is -2.22. The third-order valence-corrected chi connectivity index (χ3v) is 3.39. The van der Waals surface area contributed by atoms with Crippen molar-refractivity contribution < 1.29 is 0 Å². The van der Waals surface area contributed by atoms with Gasteiger partial charge in [-0.15, -0.1) is 0 Å². The summed E-state index contributed by atoms with van der Waals surface area (Å²) in [5, 5.41) is 12.4. The number of nitrogens with one attached hydrogen (secondary N) is 1. The largest absolute Gasteiger partial charge is 0.312 e. The lowest BCUT2D eigenvalue weighted by molar-refractivity contribution is 0.447. The number of nitriles is 1. The predicted molar refractivity (Wildman–Crippen MR) is 70.1 cm³/mol. The zero-order valence-corrected chi connectivity index (χ0v) is 11.5. The van der Waals surface area contributed by atoms with E-state index in [1.165, 1.54) is 11.1 Å². The zero-order chi connectivity index (χ0) is 12.1. The van der Waals surface area contributed by atoms with Crippen molar-refractivity contribution in [2.24, 2.45) is 5.92 Å². The van der Waals surface area contributed by atoms with Gasteiger partial charge in [0, 0.05) is 10.5 Å². The molecule has 0 fully saturated rings. The summed E-state index contributed by atoms with van der Waals surface area (Å²) in [5.74, 6) is 0.0120. The number of nitrogens with zero attached hydrogens (tertiary/aromatic N) is 1. The highest BCUT2D eigenvalue weighted by atomic mass is 79.9. The van der Waals surface area contributed by atoms with Crippen molar-refractivity contribution in [1.82, 2.24) is 5.32 Å². The number of halogens is 1. The first kappa shape index (κ1) is 13.2. The van der Waals surface area contributed by atoms with Gasteiger partial charge in [-0.25, -0.2) is 0 Å². The van der Waals surface area contributed by atoms with Gasteiger partial charge in [-0.1, -0.05) is 28.9 Å². The molecule has 0 saturated heterocycles. The highest BCUT2D eigenvalue weighted by molar-refractivity contribution is 9.10. The third-order valence-electron chi connectivity index (χ3n) is 2.90. The summed E-state index contributed by atoms with van der Waals surface area (Å²) in [7, 11) is 1.91. The van der Waals surface area contributed by atoms with Crippen LogP contribution in [0.1, 0.15) is 30.5 Å². The molecule has 0 aliphatic rings. The van der Waals surface area contributed by atoms with Gasteiger partial charge in [0.15, 0.2) is 0 Å². The molecular weight excluding hydrogens is 264 g/mol. The molecule has 0 aliphatic heterocycles. The van der Waals surface area contributed by atoms with Crippen LogP contribution in [0.3, 0.4) is 0 Å². The van der Waals surface area contributed by atoms with E-state index in [4.69, 9.17) is 5.26 Å². The summed E-state index contributed by atoms with van der Waals surface area (Å²) in [6.07, 6.45) is 0.855. The summed E-state index contributed by atoms with van der Waals surface area (Å²) in [4.78, 5) is 0. The van der Waals surface area contributed by atoms with Crippen LogP contribution < -0.4 is 5.32 Å². The van der Waals surface area contributed by atoms with Crippen LogP contribution in [0.15, 0.2) is 22.7 Å². The first-order valence-corrected chi connectivity index (χ1v) is 6.26. The maximum atomic E-state index is 9.15. The molecule has 1 aromatic carbocycles. The van der Waals surface area contributed by atoms with Crippen molar-refractivity contribution >= 4 is 15.9 Å². The predicted octanol–water partition coefficient (Wildman–Crippen LogP) is 3.57. The maximum absolute atomic E-state index is 9.15. The van der Waals surface area contributed by atoms with E-state index in [2.05, 4.69) is 46.4 Å². The van der Waals surface area contributed by atoms with Crippen LogP contribution in [0, 0.1) is 24.2 Å². The minimum absolute atomic E-state index is 0.0120. The lowest BCUT2D eigenvalue weighted by Crippen LogP contribution is -2.24. The molecule has 1 N–H and O–H groups in total. The molecular formula is C13H17BrN2. The second-order valence-electron chi connectivity index (χ2n) is 3.91. The van der Waals surface area contributed by atoms with Crippen LogP contribution >= 0.6 is 15.9 Å². The first-order valence-electron chi connectivity index (χ1n) is 5.47. The van der Waals surface area contributed by atoms with E-state index in [0.29, 0.717) is 0 Å². The summed E-state index contributed by atoms with van der Waals surface area (Å²) in [6.45, 7) is 4.13. The molecule has 2 nitrogen and oxygen atoms in total. The molecule has 0 aromatic heterocycles. The van der Waals surface area contributed by atoms with Crippen molar-refractivity contribution in [2.75, 3.05) is 7.05 Å². The van der Waals surface area contributed by atoms with Crippen LogP contribution in [0.25, 0.3) is 0 Å². The van der Waals surface area contributed by atoms with Crippen LogP contribution in [-0.2, 0) is 0 Å². The van der Waals surface area contributed by atoms with Gasteiger partial charge in [0.1, 0.15) is 0 Å². The quantitative estimate of drug-likeness (QED) is 0.915. The Kier molecular flexibility index (Phi) is 4.98. The second kappa shape index (κ2) is 6.03. The molecule has 1 aromatic rings. The number of hydrogen-bond donors (Lipinski definition) is 1. The minimum Gasteiger partial charge on any atom is -0.312 e. The van der Waals surface area contributed by atoms with Crippen LogP contribution in [0.5, 0.6) is 0 Å². The van der Waals surface area contributed by atoms with Crippen LogP contribution in [0.4, 0.5) is 0 Å². The Morgan fingerprint density at radius 3 is 2.69 bits per heavy atom. The number of hydrogen-bond acceptors (Lipinski definition) is 2. The average Bonchev–Trinajstić information content (AvgIpc) is 2.29. The molecule has 0 heterocycles. The van der Waals surface area contributed by atoms with E-state index >= 15 is 0 Å². The summed E-state index contributed by atoms with van der Waals surface area (Å²) in [6, 6.07) is 8.67. The van der Waals surface area contributed by atoms with Gasteiger partial charge in [0.2, 0.25) is 0 Å². The standard InChI is InChI=1S/C13H17BrN2/c1-4-10(8-15)13(16-3)12-7-11(14)6-5-9(12)2/h5-7,10,13,16H,4H2,1-3H3. The lowest BCUT2D eigenvalue weighted by atomic mass is 9.89. The number of aryl methyl sites for hydroxylation is 1. The zero-order valence-electron chi connectivity index (χ0n) is 9.92. The van der Waals surface area contributed by atoms with Gasteiger partial charge < -0.3 is 5.32 Å². The van der Waals surface area contributed by atoms with Crippen molar-refractivity contribution in [3.8, 4) is 6.07 Å². The van der Waals surface area contributed by atoms with Gasteiger partial charge in [0.05, 0.1) is 12.0 Å². The van der Waals surface area contributed by atoms with Gasteiger partial charge in [-0.3, -0.25) is 0 Å². The topological polar surface area (TPSA) is 35.8 Å². The molecule has 2 unspecified atom stereocenters. The molecule has 0 saturated carbocycles. The SMILES string of the molecule is CCC(C#N)C(NC)c1cc(Br)ccc1C. The van der Waals surface area contributed by atoms with Crippen molar-refractivity contribution in [1.29, 1.82) is 5.26 Å². The Morgan fingerprint density at radius 2 is 2.19 bits per heavy atom. The van der Waals surface area contributed by atoms with E-state index in [1.807, 2.05) is 20.0 Å². The molecule has 16 heavy (non-hydrogen) atoms.